The van der Waals surface area contributed by atoms with Gasteiger partial charge in [-0.25, -0.2) is 9.37 Å². The number of nitrogens with zero attached hydrogens (tertiary/aromatic N) is 2. The van der Waals surface area contributed by atoms with Crippen LogP contribution in [0.5, 0.6) is 0 Å². The predicted octanol–water partition coefficient (Wildman–Crippen LogP) is 1.13. The minimum Gasteiger partial charge on any atom is -0.368 e. The SMILES string of the molecule is Fc1ccn2c(C3CNCCO3)ncc2c1. The highest BCUT2D eigenvalue weighted by Gasteiger charge is 2.20. The van der Waals surface area contributed by atoms with Gasteiger partial charge in [-0.1, -0.05) is 0 Å². The van der Waals surface area contributed by atoms with Gasteiger partial charge >= 0.3 is 0 Å². The summed E-state index contributed by atoms with van der Waals surface area (Å²) in [6.45, 7) is 2.30. The molecule has 16 heavy (non-hydrogen) atoms. The molecule has 1 atom stereocenters. The largest absolute Gasteiger partial charge is 0.368 e. The average Bonchev–Trinajstić information content (AvgIpc) is 2.73. The van der Waals surface area contributed by atoms with Gasteiger partial charge in [0.1, 0.15) is 17.7 Å². The fraction of sp³-hybridized carbons (Fsp3) is 0.364. The van der Waals surface area contributed by atoms with Crippen molar-refractivity contribution < 1.29 is 9.13 Å². The Labute approximate surface area is 92.1 Å². The normalized spacial score (nSPS) is 21.4. The van der Waals surface area contributed by atoms with Crippen molar-refractivity contribution >= 4 is 5.52 Å². The molecule has 0 bridgehead atoms. The molecule has 0 spiro atoms. The van der Waals surface area contributed by atoms with Crippen LogP contribution in [0.25, 0.3) is 5.52 Å². The lowest BCUT2D eigenvalue weighted by Gasteiger charge is -2.22. The molecule has 5 heteroatoms. The zero-order valence-corrected chi connectivity index (χ0v) is 8.69. The second-order valence-electron chi connectivity index (χ2n) is 3.82. The van der Waals surface area contributed by atoms with Crippen LogP contribution in [0.1, 0.15) is 11.9 Å². The van der Waals surface area contributed by atoms with Crippen molar-refractivity contribution in [2.75, 3.05) is 19.7 Å². The van der Waals surface area contributed by atoms with Gasteiger partial charge in [0, 0.05) is 19.3 Å². The summed E-state index contributed by atoms with van der Waals surface area (Å²) >= 11 is 0. The van der Waals surface area contributed by atoms with E-state index >= 15 is 0 Å². The van der Waals surface area contributed by atoms with E-state index in [2.05, 4.69) is 10.3 Å². The maximum atomic E-state index is 13.0. The van der Waals surface area contributed by atoms with Gasteiger partial charge in [-0.05, 0) is 12.1 Å². The van der Waals surface area contributed by atoms with Crippen molar-refractivity contribution in [3.8, 4) is 0 Å². The first-order valence-electron chi connectivity index (χ1n) is 5.29. The third-order valence-corrected chi connectivity index (χ3v) is 2.74. The fourth-order valence-electron chi connectivity index (χ4n) is 1.96. The van der Waals surface area contributed by atoms with Gasteiger partial charge < -0.3 is 14.5 Å². The summed E-state index contributed by atoms with van der Waals surface area (Å²) in [5.74, 6) is 0.573. The van der Waals surface area contributed by atoms with Crippen molar-refractivity contribution in [1.82, 2.24) is 14.7 Å². The van der Waals surface area contributed by atoms with E-state index in [4.69, 9.17) is 4.74 Å². The second kappa shape index (κ2) is 3.84. The van der Waals surface area contributed by atoms with Crippen molar-refractivity contribution in [3.63, 3.8) is 0 Å². The van der Waals surface area contributed by atoms with E-state index in [1.807, 2.05) is 4.40 Å². The molecular formula is C11H12FN3O. The summed E-state index contributed by atoms with van der Waals surface area (Å²) in [5.41, 5.74) is 0.754. The van der Waals surface area contributed by atoms with Gasteiger partial charge in [-0.3, -0.25) is 0 Å². The summed E-state index contributed by atoms with van der Waals surface area (Å²) in [7, 11) is 0. The molecule has 1 saturated heterocycles. The molecule has 1 aliphatic rings. The van der Waals surface area contributed by atoms with E-state index < -0.39 is 0 Å². The second-order valence-corrected chi connectivity index (χ2v) is 3.82. The number of fused-ring (bicyclic) bond motifs is 1. The number of ether oxygens (including phenoxy) is 1. The number of halogens is 1. The molecule has 1 aliphatic heterocycles. The topological polar surface area (TPSA) is 38.6 Å². The third kappa shape index (κ3) is 1.58. The Hall–Kier alpha value is -1.46. The Morgan fingerprint density at radius 3 is 3.31 bits per heavy atom. The van der Waals surface area contributed by atoms with E-state index in [-0.39, 0.29) is 11.9 Å². The predicted molar refractivity (Wildman–Crippen MR) is 56.7 cm³/mol. The first kappa shape index (κ1) is 9.74. The lowest BCUT2D eigenvalue weighted by atomic mass is 10.3. The number of imidazole rings is 1. The van der Waals surface area contributed by atoms with Crippen molar-refractivity contribution in [2.24, 2.45) is 0 Å². The van der Waals surface area contributed by atoms with E-state index in [0.717, 1.165) is 24.4 Å². The van der Waals surface area contributed by atoms with Crippen molar-refractivity contribution in [2.45, 2.75) is 6.10 Å². The first-order valence-corrected chi connectivity index (χ1v) is 5.29. The van der Waals surface area contributed by atoms with E-state index in [1.54, 1.807) is 12.4 Å². The summed E-state index contributed by atoms with van der Waals surface area (Å²) in [4.78, 5) is 4.29. The zero-order chi connectivity index (χ0) is 11.0. The van der Waals surface area contributed by atoms with Gasteiger partial charge in [0.15, 0.2) is 0 Å². The lowest BCUT2D eigenvalue weighted by Crippen LogP contribution is -2.34. The van der Waals surface area contributed by atoms with Gasteiger partial charge in [0.2, 0.25) is 0 Å². The molecule has 0 radical (unpaired) electrons. The fourth-order valence-corrected chi connectivity index (χ4v) is 1.96. The molecule has 0 amide bonds. The number of pyridine rings is 1. The highest BCUT2D eigenvalue weighted by Crippen LogP contribution is 2.19. The highest BCUT2D eigenvalue weighted by molar-refractivity contribution is 5.46. The Morgan fingerprint density at radius 2 is 2.50 bits per heavy atom. The first-order chi connectivity index (χ1) is 7.84. The van der Waals surface area contributed by atoms with Gasteiger partial charge in [-0.2, -0.15) is 0 Å². The minimum absolute atomic E-state index is 0.0540. The standard InChI is InChI=1S/C11H12FN3O/c12-8-1-3-15-9(5-8)6-14-11(15)10-7-13-2-4-16-10/h1,3,5-6,10,13H,2,4,7H2. The average molecular weight is 221 g/mol. The molecule has 3 rings (SSSR count). The summed E-state index contributed by atoms with van der Waals surface area (Å²) in [6, 6.07) is 2.89. The maximum absolute atomic E-state index is 13.0. The van der Waals surface area contributed by atoms with Crippen LogP contribution >= 0.6 is 0 Å². The molecule has 0 saturated carbocycles. The van der Waals surface area contributed by atoms with E-state index in [0.29, 0.717) is 6.61 Å². The molecule has 84 valence electrons. The van der Waals surface area contributed by atoms with Crippen LogP contribution in [-0.2, 0) is 4.74 Å². The number of hydrogen-bond acceptors (Lipinski definition) is 3. The number of aromatic nitrogens is 2. The third-order valence-electron chi connectivity index (χ3n) is 2.74. The molecule has 1 unspecified atom stereocenters. The molecule has 2 aromatic rings. The Bertz CT molecular complexity index is 505. The molecule has 0 aromatic carbocycles. The molecular weight excluding hydrogens is 209 g/mol. The smallest absolute Gasteiger partial charge is 0.143 e. The van der Waals surface area contributed by atoms with Crippen LogP contribution in [-0.4, -0.2) is 29.1 Å². The maximum Gasteiger partial charge on any atom is 0.143 e. The molecule has 4 nitrogen and oxygen atoms in total. The molecule has 1 N–H and O–H groups in total. The van der Waals surface area contributed by atoms with E-state index in [1.165, 1.54) is 12.1 Å². The van der Waals surface area contributed by atoms with Crippen molar-refractivity contribution in [3.05, 3.63) is 36.2 Å². The summed E-state index contributed by atoms with van der Waals surface area (Å²) < 4.78 is 20.5. The van der Waals surface area contributed by atoms with Crippen LogP contribution in [0.15, 0.2) is 24.5 Å². The lowest BCUT2D eigenvalue weighted by molar-refractivity contribution is 0.0218. The van der Waals surface area contributed by atoms with Crippen LogP contribution in [0.4, 0.5) is 4.39 Å². The summed E-state index contributed by atoms with van der Waals surface area (Å²) in [5, 5.41) is 3.25. The van der Waals surface area contributed by atoms with Crippen LogP contribution in [0, 0.1) is 5.82 Å². The summed E-state index contributed by atoms with van der Waals surface area (Å²) in [6.07, 6.45) is 3.29. The Kier molecular flexibility index (Phi) is 2.34. The van der Waals surface area contributed by atoms with Crippen LogP contribution in [0.2, 0.25) is 0 Å². The number of hydrogen-bond donors (Lipinski definition) is 1. The number of rotatable bonds is 1. The van der Waals surface area contributed by atoms with Crippen molar-refractivity contribution in [1.29, 1.82) is 0 Å². The van der Waals surface area contributed by atoms with E-state index in [9.17, 15) is 4.39 Å². The molecule has 0 aliphatic carbocycles. The minimum atomic E-state index is -0.248. The Morgan fingerprint density at radius 1 is 1.56 bits per heavy atom. The number of nitrogens with one attached hydrogen (secondary N) is 1. The molecule has 2 aromatic heterocycles. The van der Waals surface area contributed by atoms with Crippen LogP contribution < -0.4 is 5.32 Å². The molecule has 1 fully saturated rings. The zero-order valence-electron chi connectivity index (χ0n) is 8.69. The van der Waals surface area contributed by atoms with Gasteiger partial charge in [0.05, 0.1) is 18.3 Å². The molecule has 3 heterocycles. The number of morpholine rings is 1. The van der Waals surface area contributed by atoms with Crippen LogP contribution in [0.3, 0.4) is 0 Å². The highest BCUT2D eigenvalue weighted by atomic mass is 19.1. The van der Waals surface area contributed by atoms with Gasteiger partial charge in [-0.15, -0.1) is 0 Å². The monoisotopic (exact) mass is 221 g/mol. The van der Waals surface area contributed by atoms with Gasteiger partial charge in [0.25, 0.3) is 0 Å². The quantitative estimate of drug-likeness (QED) is 0.784. The Balaban J connectivity index is 2.03.